The summed E-state index contributed by atoms with van der Waals surface area (Å²) in [7, 11) is 0. The van der Waals surface area contributed by atoms with Gasteiger partial charge in [0, 0.05) is 25.9 Å². The average Bonchev–Trinajstić information content (AvgIpc) is 2.78. The van der Waals surface area contributed by atoms with Gasteiger partial charge in [-0.1, -0.05) is 64.2 Å². The third-order valence-corrected chi connectivity index (χ3v) is 5.61. The maximum atomic E-state index is 10.6. The third-order valence-electron chi connectivity index (χ3n) is 5.61. The van der Waals surface area contributed by atoms with E-state index >= 15 is 0 Å². The summed E-state index contributed by atoms with van der Waals surface area (Å²) in [6.45, 7) is 3.51. The number of unbranched alkanes of at least 4 members (excludes halogenated alkanes) is 14. The van der Waals surface area contributed by atoms with E-state index in [9.17, 15) is 9.59 Å². The van der Waals surface area contributed by atoms with Crippen LogP contribution in [0.25, 0.3) is 0 Å². The number of hydrogen-bond acceptors (Lipinski definition) is 5. The van der Waals surface area contributed by atoms with Crippen LogP contribution in [0.2, 0.25) is 0 Å². The molecule has 7 heteroatoms. The predicted octanol–water partition coefficient (Wildman–Crippen LogP) is 4.71. The van der Waals surface area contributed by atoms with E-state index in [4.69, 9.17) is 11.5 Å². The van der Waals surface area contributed by atoms with Crippen LogP contribution in [0.4, 0.5) is 0 Å². The van der Waals surface area contributed by atoms with Crippen molar-refractivity contribution in [3.05, 3.63) is 0 Å². The van der Waals surface area contributed by atoms with E-state index in [1.165, 1.54) is 64.2 Å². The first-order chi connectivity index (χ1) is 16.1. The largest absolute Gasteiger partial charge is 0.370 e. The molecule has 0 aromatic heterocycles. The molecule has 0 spiro atoms. The lowest BCUT2D eigenvalue weighted by Gasteiger charge is -2.01. The second kappa shape index (κ2) is 26.5. The van der Waals surface area contributed by atoms with Gasteiger partial charge in [-0.3, -0.25) is 19.6 Å². The van der Waals surface area contributed by atoms with E-state index in [1.54, 1.807) is 0 Å². The summed E-state index contributed by atoms with van der Waals surface area (Å²) in [6, 6.07) is 0. The topological polar surface area (TPSA) is 123 Å². The Kier molecular flexibility index (Phi) is 25.1. The van der Waals surface area contributed by atoms with Gasteiger partial charge in [-0.2, -0.15) is 0 Å². The predicted molar refractivity (Wildman–Crippen MR) is 141 cm³/mol. The molecule has 0 aliphatic carbocycles. The number of nitrogens with zero attached hydrogens (tertiary/aromatic N) is 2. The van der Waals surface area contributed by atoms with Crippen molar-refractivity contribution in [2.24, 2.45) is 21.5 Å². The minimum atomic E-state index is -0.182. The molecule has 192 valence electrons. The lowest BCUT2D eigenvalue weighted by molar-refractivity contribution is -0.119. The highest BCUT2D eigenvalue weighted by molar-refractivity contribution is 5.73. The standard InChI is InChI=1S/C26H51N5O2/c27-25(32)17-13-9-5-1-3-7-11-15-19-29-21-23-31-24-22-30-20-16-12-8-4-2-6-10-14-18-26(28)33/h19-20,31H,1-18,21-24H2,(H2,27,32)(H2,28,33). The number of carbonyl (C=O) groups is 2. The Labute approximate surface area is 202 Å². The summed E-state index contributed by atoms with van der Waals surface area (Å²) in [5.41, 5.74) is 10.3. The Morgan fingerprint density at radius 2 is 0.879 bits per heavy atom. The first-order valence-electron chi connectivity index (χ1n) is 13.4. The highest BCUT2D eigenvalue weighted by Crippen LogP contribution is 2.10. The van der Waals surface area contributed by atoms with Gasteiger partial charge in [-0.15, -0.1) is 0 Å². The summed E-state index contributed by atoms with van der Waals surface area (Å²) < 4.78 is 0. The molecule has 0 aliphatic rings. The van der Waals surface area contributed by atoms with Gasteiger partial charge in [0.15, 0.2) is 0 Å². The molecule has 2 amide bonds. The quantitative estimate of drug-likeness (QED) is 0.127. The van der Waals surface area contributed by atoms with E-state index in [0.717, 1.165) is 64.7 Å². The van der Waals surface area contributed by atoms with Crippen molar-refractivity contribution >= 4 is 24.2 Å². The van der Waals surface area contributed by atoms with E-state index in [2.05, 4.69) is 27.7 Å². The molecule has 33 heavy (non-hydrogen) atoms. The SMILES string of the molecule is NC(=O)CCCCCCCCCC=NCCNCCN=CCCCCCCCCCC(N)=O. The van der Waals surface area contributed by atoms with E-state index < -0.39 is 0 Å². The molecule has 0 rings (SSSR count). The fourth-order valence-corrected chi connectivity index (χ4v) is 3.61. The Balaban J connectivity index is 3.17. The highest BCUT2D eigenvalue weighted by Gasteiger charge is 1.96. The van der Waals surface area contributed by atoms with Crippen LogP contribution in [0.3, 0.4) is 0 Å². The molecule has 0 aromatic rings. The van der Waals surface area contributed by atoms with Gasteiger partial charge < -0.3 is 16.8 Å². The van der Waals surface area contributed by atoms with Crippen molar-refractivity contribution in [1.29, 1.82) is 0 Å². The van der Waals surface area contributed by atoms with Crippen molar-refractivity contribution < 1.29 is 9.59 Å². The zero-order valence-corrected chi connectivity index (χ0v) is 21.1. The molecule has 0 bridgehead atoms. The number of aliphatic imine (C=N–C) groups is 2. The Bertz CT molecular complexity index is 465. The van der Waals surface area contributed by atoms with Gasteiger partial charge in [0.2, 0.25) is 11.8 Å². The van der Waals surface area contributed by atoms with Crippen molar-refractivity contribution in [2.75, 3.05) is 26.2 Å². The van der Waals surface area contributed by atoms with Gasteiger partial charge in [0.1, 0.15) is 0 Å². The van der Waals surface area contributed by atoms with Crippen LogP contribution in [0.1, 0.15) is 116 Å². The molecule has 0 radical (unpaired) electrons. The number of primary amides is 2. The van der Waals surface area contributed by atoms with Crippen LogP contribution < -0.4 is 16.8 Å². The van der Waals surface area contributed by atoms with Crippen molar-refractivity contribution in [3.63, 3.8) is 0 Å². The minimum Gasteiger partial charge on any atom is -0.370 e. The Morgan fingerprint density at radius 1 is 0.545 bits per heavy atom. The number of nitrogens with two attached hydrogens (primary N) is 2. The minimum absolute atomic E-state index is 0.182. The molecule has 5 N–H and O–H groups in total. The van der Waals surface area contributed by atoms with Crippen LogP contribution in [0.15, 0.2) is 9.98 Å². The molecule has 0 aliphatic heterocycles. The first-order valence-corrected chi connectivity index (χ1v) is 13.4. The Morgan fingerprint density at radius 3 is 1.24 bits per heavy atom. The van der Waals surface area contributed by atoms with Crippen molar-refractivity contribution in [1.82, 2.24) is 5.32 Å². The van der Waals surface area contributed by atoms with E-state index in [-0.39, 0.29) is 11.8 Å². The molecule has 0 fully saturated rings. The molecule has 0 saturated heterocycles. The van der Waals surface area contributed by atoms with Crippen LogP contribution in [-0.4, -0.2) is 50.4 Å². The van der Waals surface area contributed by atoms with Crippen molar-refractivity contribution in [3.8, 4) is 0 Å². The Hall–Kier alpha value is -1.76. The highest BCUT2D eigenvalue weighted by atomic mass is 16.1. The lowest BCUT2D eigenvalue weighted by Crippen LogP contribution is -2.20. The fourth-order valence-electron chi connectivity index (χ4n) is 3.61. The molecule has 7 nitrogen and oxygen atoms in total. The molecular formula is C26H51N5O2. The van der Waals surface area contributed by atoms with Gasteiger partial charge in [0.05, 0.1) is 13.1 Å². The zero-order chi connectivity index (χ0) is 24.2. The number of amides is 2. The van der Waals surface area contributed by atoms with Crippen molar-refractivity contribution in [2.45, 2.75) is 116 Å². The van der Waals surface area contributed by atoms with Crippen LogP contribution in [0.5, 0.6) is 0 Å². The molecule has 0 atom stereocenters. The lowest BCUT2D eigenvalue weighted by atomic mass is 10.1. The maximum Gasteiger partial charge on any atom is 0.217 e. The molecule has 0 saturated carbocycles. The summed E-state index contributed by atoms with van der Waals surface area (Å²) >= 11 is 0. The first kappa shape index (κ1) is 31.2. The number of hydrogen-bond donors (Lipinski definition) is 3. The van der Waals surface area contributed by atoms with Gasteiger partial charge in [-0.05, 0) is 51.0 Å². The smallest absolute Gasteiger partial charge is 0.217 e. The maximum absolute atomic E-state index is 10.6. The van der Waals surface area contributed by atoms with Crippen LogP contribution in [0, 0.1) is 0 Å². The number of nitrogens with one attached hydrogen (secondary N) is 1. The molecule has 0 heterocycles. The van der Waals surface area contributed by atoms with Gasteiger partial charge in [0.25, 0.3) is 0 Å². The average molecular weight is 466 g/mol. The second-order valence-corrected chi connectivity index (χ2v) is 8.89. The van der Waals surface area contributed by atoms with E-state index in [0.29, 0.717) is 12.8 Å². The van der Waals surface area contributed by atoms with Crippen LogP contribution >= 0.6 is 0 Å². The molecular weight excluding hydrogens is 414 g/mol. The molecule has 0 unspecified atom stereocenters. The van der Waals surface area contributed by atoms with Gasteiger partial charge in [-0.25, -0.2) is 0 Å². The fraction of sp³-hybridized carbons (Fsp3) is 0.846. The number of rotatable bonds is 26. The summed E-state index contributed by atoms with van der Waals surface area (Å²) in [6.07, 6.45) is 23.8. The summed E-state index contributed by atoms with van der Waals surface area (Å²) in [4.78, 5) is 30.2. The summed E-state index contributed by atoms with van der Waals surface area (Å²) in [5, 5.41) is 3.39. The van der Waals surface area contributed by atoms with E-state index in [1.807, 2.05) is 0 Å². The number of carbonyl (C=O) groups excluding carboxylic acids is 2. The van der Waals surface area contributed by atoms with Crippen LogP contribution in [-0.2, 0) is 9.59 Å². The third kappa shape index (κ3) is 30.2. The monoisotopic (exact) mass is 465 g/mol. The zero-order valence-electron chi connectivity index (χ0n) is 21.1. The second-order valence-electron chi connectivity index (χ2n) is 8.89. The normalized spacial score (nSPS) is 11.6. The molecule has 0 aromatic carbocycles. The summed E-state index contributed by atoms with van der Waals surface area (Å²) in [5.74, 6) is -0.364. The van der Waals surface area contributed by atoms with Gasteiger partial charge >= 0.3 is 0 Å².